The maximum atomic E-state index is 13.2. The lowest BCUT2D eigenvalue weighted by atomic mass is 10.1. The van der Waals surface area contributed by atoms with Crippen LogP contribution < -0.4 is 10.6 Å². The summed E-state index contributed by atoms with van der Waals surface area (Å²) >= 11 is 0. The van der Waals surface area contributed by atoms with Gasteiger partial charge in [-0.25, -0.2) is 4.79 Å². The number of ether oxygens (including phenoxy) is 1. The third-order valence-corrected chi connectivity index (χ3v) is 6.51. The summed E-state index contributed by atoms with van der Waals surface area (Å²) in [6.45, 7) is 0.0891. The van der Waals surface area contributed by atoms with Crippen LogP contribution in [0.5, 0.6) is 0 Å². The molecule has 0 saturated heterocycles. The molecule has 0 heterocycles. The number of carbonyl (C=O) groups is 1. The van der Waals surface area contributed by atoms with Crippen LogP contribution in [0.2, 0.25) is 0 Å². The van der Waals surface area contributed by atoms with Gasteiger partial charge in [-0.3, -0.25) is 4.57 Å². The van der Waals surface area contributed by atoms with Crippen LogP contribution in [0.15, 0.2) is 91.0 Å². The molecule has 0 aliphatic rings. The second-order valence-corrected chi connectivity index (χ2v) is 8.76. The van der Waals surface area contributed by atoms with Gasteiger partial charge in [0, 0.05) is 11.7 Å². The summed E-state index contributed by atoms with van der Waals surface area (Å²) in [6, 6.07) is 26.9. The van der Waals surface area contributed by atoms with Gasteiger partial charge in [0.2, 0.25) is 0 Å². The summed E-state index contributed by atoms with van der Waals surface area (Å²) in [5.41, 5.74) is 1.69. The first kappa shape index (κ1) is 19.9. The van der Waals surface area contributed by atoms with E-state index < -0.39 is 19.2 Å². The number of nitrogens with one attached hydrogen (secondary N) is 1. The van der Waals surface area contributed by atoms with Crippen molar-refractivity contribution >= 4 is 18.8 Å². The van der Waals surface area contributed by atoms with Gasteiger partial charge in [-0.1, -0.05) is 78.9 Å². The van der Waals surface area contributed by atoms with Crippen molar-refractivity contribution < 1.29 is 19.0 Å². The van der Waals surface area contributed by atoms with Gasteiger partial charge in [0.25, 0.3) is 7.37 Å². The van der Waals surface area contributed by atoms with Crippen molar-refractivity contribution in [1.29, 1.82) is 0 Å². The van der Waals surface area contributed by atoms with Crippen molar-refractivity contribution in [2.45, 2.75) is 18.8 Å². The minimum absolute atomic E-state index is 0.0891. The summed E-state index contributed by atoms with van der Waals surface area (Å²) in [4.78, 5) is 23.2. The van der Waals surface area contributed by atoms with E-state index in [4.69, 9.17) is 4.74 Å². The standard InChI is InChI=1S/C22H22NO4P/c24-22(27-17-19-12-6-2-7-13-19)23-21(16-18-10-4-1-5-11-18)28(25,26)20-14-8-3-9-15-20/h1-15,21H,16-17H2,(H,23,24)(H,25,26)/t21-/m1/s1. The van der Waals surface area contributed by atoms with Gasteiger partial charge in [-0.05, 0) is 23.3 Å². The molecule has 3 aromatic rings. The van der Waals surface area contributed by atoms with Crippen LogP contribution in [0, 0.1) is 0 Å². The van der Waals surface area contributed by atoms with Crippen molar-refractivity contribution in [3.8, 4) is 0 Å². The highest BCUT2D eigenvalue weighted by Crippen LogP contribution is 2.45. The SMILES string of the molecule is O=C(N[C@@H](Cc1ccccc1)P(=O)(O)c1ccccc1)OCc1ccccc1. The highest BCUT2D eigenvalue weighted by Gasteiger charge is 2.34. The Balaban J connectivity index is 1.76. The fraction of sp³-hybridized carbons (Fsp3) is 0.136. The Morgan fingerprint density at radius 3 is 1.93 bits per heavy atom. The molecule has 6 heteroatoms. The number of carbonyl (C=O) groups excluding carboxylic acids is 1. The molecule has 5 nitrogen and oxygen atoms in total. The monoisotopic (exact) mass is 395 g/mol. The molecule has 0 aliphatic carbocycles. The minimum Gasteiger partial charge on any atom is -0.445 e. The predicted octanol–water partition coefficient (Wildman–Crippen LogP) is 4.08. The van der Waals surface area contributed by atoms with Crippen molar-refractivity contribution in [3.05, 3.63) is 102 Å². The Bertz CT molecular complexity index is 933. The molecule has 1 amide bonds. The van der Waals surface area contributed by atoms with Gasteiger partial charge in [-0.2, -0.15) is 0 Å². The molecule has 2 atom stereocenters. The van der Waals surface area contributed by atoms with E-state index in [0.29, 0.717) is 5.30 Å². The summed E-state index contributed by atoms with van der Waals surface area (Å²) < 4.78 is 18.5. The fourth-order valence-corrected chi connectivity index (χ4v) is 4.52. The van der Waals surface area contributed by atoms with Crippen molar-refractivity contribution in [3.63, 3.8) is 0 Å². The van der Waals surface area contributed by atoms with Gasteiger partial charge in [-0.15, -0.1) is 0 Å². The summed E-state index contributed by atoms with van der Waals surface area (Å²) in [7, 11) is -3.88. The second kappa shape index (κ2) is 9.36. The van der Waals surface area contributed by atoms with Crippen molar-refractivity contribution in [1.82, 2.24) is 5.32 Å². The molecule has 3 rings (SSSR count). The number of alkyl carbamates (subject to hydrolysis) is 1. The van der Waals surface area contributed by atoms with Crippen LogP contribution in [0.1, 0.15) is 11.1 Å². The molecule has 144 valence electrons. The zero-order valence-electron chi connectivity index (χ0n) is 15.3. The van der Waals surface area contributed by atoms with Crippen LogP contribution in [0.25, 0.3) is 0 Å². The highest BCUT2D eigenvalue weighted by molar-refractivity contribution is 7.66. The number of hydrogen-bond donors (Lipinski definition) is 2. The molecule has 1 unspecified atom stereocenters. The van der Waals surface area contributed by atoms with Crippen LogP contribution in [-0.2, 0) is 22.3 Å². The topological polar surface area (TPSA) is 75.6 Å². The Morgan fingerprint density at radius 2 is 1.36 bits per heavy atom. The third kappa shape index (κ3) is 5.32. The van der Waals surface area contributed by atoms with E-state index in [1.807, 2.05) is 60.7 Å². The molecule has 0 aliphatic heterocycles. The number of rotatable bonds is 7. The first-order chi connectivity index (χ1) is 13.6. The van der Waals surface area contributed by atoms with Crippen LogP contribution in [0.3, 0.4) is 0 Å². The average Bonchev–Trinajstić information content (AvgIpc) is 2.74. The predicted molar refractivity (Wildman–Crippen MR) is 110 cm³/mol. The maximum absolute atomic E-state index is 13.2. The van der Waals surface area contributed by atoms with Crippen molar-refractivity contribution in [2.75, 3.05) is 0 Å². The van der Waals surface area contributed by atoms with E-state index >= 15 is 0 Å². The molecule has 0 aromatic heterocycles. The van der Waals surface area contributed by atoms with Crippen LogP contribution in [0.4, 0.5) is 4.79 Å². The van der Waals surface area contributed by atoms with Gasteiger partial charge < -0.3 is 14.9 Å². The lowest BCUT2D eigenvalue weighted by Crippen LogP contribution is -2.39. The molecule has 2 N–H and O–H groups in total. The highest BCUT2D eigenvalue weighted by atomic mass is 31.2. The first-order valence-electron chi connectivity index (χ1n) is 8.95. The zero-order chi connectivity index (χ0) is 19.8. The normalized spacial score (nSPS) is 13.9. The molecule has 3 aromatic carbocycles. The van der Waals surface area contributed by atoms with Gasteiger partial charge in [0.05, 0.1) is 0 Å². The second-order valence-electron chi connectivity index (χ2n) is 6.37. The molecule has 0 radical (unpaired) electrons. The van der Waals surface area contributed by atoms with E-state index in [-0.39, 0.29) is 13.0 Å². The molecule has 0 fully saturated rings. The average molecular weight is 395 g/mol. The Hall–Kier alpha value is -2.88. The number of hydrogen-bond acceptors (Lipinski definition) is 3. The van der Waals surface area contributed by atoms with Gasteiger partial charge in [0.1, 0.15) is 12.4 Å². The quantitative estimate of drug-likeness (QED) is 0.591. The summed E-state index contributed by atoms with van der Waals surface area (Å²) in [6.07, 6.45) is -0.515. The first-order valence-corrected chi connectivity index (χ1v) is 10.7. The Labute approximate surface area is 164 Å². The largest absolute Gasteiger partial charge is 0.445 e. The fourth-order valence-electron chi connectivity index (χ4n) is 2.82. The summed E-state index contributed by atoms with van der Waals surface area (Å²) in [5, 5.41) is 2.89. The Kier molecular flexibility index (Phi) is 6.64. The molecule has 0 saturated carbocycles. The lowest BCUT2D eigenvalue weighted by Gasteiger charge is -2.24. The number of benzene rings is 3. The van der Waals surface area contributed by atoms with E-state index in [1.54, 1.807) is 30.3 Å². The smallest absolute Gasteiger partial charge is 0.408 e. The molecular formula is C22H22NO4P. The molecule has 0 bridgehead atoms. The van der Waals surface area contributed by atoms with Gasteiger partial charge in [0.15, 0.2) is 0 Å². The van der Waals surface area contributed by atoms with Gasteiger partial charge >= 0.3 is 6.09 Å². The van der Waals surface area contributed by atoms with E-state index in [1.165, 1.54) is 0 Å². The van der Waals surface area contributed by atoms with E-state index in [2.05, 4.69) is 5.32 Å². The molecule has 28 heavy (non-hydrogen) atoms. The minimum atomic E-state index is -3.88. The van der Waals surface area contributed by atoms with Crippen molar-refractivity contribution in [2.24, 2.45) is 0 Å². The van der Waals surface area contributed by atoms with Crippen LogP contribution in [-0.4, -0.2) is 16.8 Å². The molecule has 0 spiro atoms. The zero-order valence-corrected chi connectivity index (χ0v) is 16.2. The summed E-state index contributed by atoms with van der Waals surface area (Å²) in [5.74, 6) is -0.999. The third-order valence-electron chi connectivity index (χ3n) is 4.32. The van der Waals surface area contributed by atoms with Crippen LogP contribution >= 0.6 is 7.37 Å². The van der Waals surface area contributed by atoms with E-state index in [0.717, 1.165) is 11.1 Å². The Morgan fingerprint density at radius 1 is 0.857 bits per heavy atom. The number of amides is 1. The molecular weight excluding hydrogens is 373 g/mol. The lowest BCUT2D eigenvalue weighted by molar-refractivity contribution is 0.138. The van der Waals surface area contributed by atoms with E-state index in [9.17, 15) is 14.3 Å². The maximum Gasteiger partial charge on any atom is 0.408 e.